The molecule has 0 spiro atoms. The Balaban J connectivity index is 2.07. The zero-order valence-electron chi connectivity index (χ0n) is 17.4. The highest BCUT2D eigenvalue weighted by molar-refractivity contribution is 7.98. The molecule has 2 rings (SSSR count). The van der Waals surface area contributed by atoms with Crippen LogP contribution in [0.15, 0.2) is 48.5 Å². The van der Waals surface area contributed by atoms with Gasteiger partial charge in [0.1, 0.15) is 6.04 Å². The SMILES string of the molecule is CCNC(=O)[C@H](CC)N(Cc1ccc(Cl)c(Cl)c1)C(=O)CCSCc1ccccc1. The molecule has 0 aliphatic carbocycles. The molecule has 0 saturated carbocycles. The number of carbonyl (C=O) groups is 2. The van der Waals surface area contributed by atoms with E-state index >= 15 is 0 Å². The molecule has 2 aromatic carbocycles. The summed E-state index contributed by atoms with van der Waals surface area (Å²) >= 11 is 13.9. The van der Waals surface area contributed by atoms with E-state index in [1.807, 2.05) is 38.1 Å². The van der Waals surface area contributed by atoms with Crippen LogP contribution in [0.4, 0.5) is 0 Å². The van der Waals surface area contributed by atoms with Crippen LogP contribution in [0.2, 0.25) is 10.0 Å². The van der Waals surface area contributed by atoms with Gasteiger partial charge >= 0.3 is 0 Å². The van der Waals surface area contributed by atoms with E-state index in [4.69, 9.17) is 23.2 Å². The first-order valence-electron chi connectivity index (χ1n) is 10.1. The normalized spacial score (nSPS) is 11.7. The van der Waals surface area contributed by atoms with Crippen molar-refractivity contribution in [1.29, 1.82) is 0 Å². The number of halogens is 2. The van der Waals surface area contributed by atoms with Crippen LogP contribution >= 0.6 is 35.0 Å². The summed E-state index contributed by atoms with van der Waals surface area (Å²) < 4.78 is 0. The quantitative estimate of drug-likeness (QED) is 0.440. The minimum Gasteiger partial charge on any atom is -0.355 e. The van der Waals surface area contributed by atoms with Crippen LogP contribution in [-0.2, 0) is 21.9 Å². The van der Waals surface area contributed by atoms with Gasteiger partial charge in [-0.2, -0.15) is 11.8 Å². The fourth-order valence-corrected chi connectivity index (χ4v) is 4.33. The minimum absolute atomic E-state index is 0.0419. The van der Waals surface area contributed by atoms with Crippen molar-refractivity contribution < 1.29 is 9.59 Å². The molecule has 30 heavy (non-hydrogen) atoms. The van der Waals surface area contributed by atoms with E-state index in [2.05, 4.69) is 17.4 Å². The lowest BCUT2D eigenvalue weighted by Crippen LogP contribution is -2.49. The highest BCUT2D eigenvalue weighted by atomic mass is 35.5. The third-order valence-corrected chi connectivity index (χ3v) is 6.41. The van der Waals surface area contributed by atoms with Gasteiger partial charge < -0.3 is 10.2 Å². The Bertz CT molecular complexity index is 833. The zero-order valence-corrected chi connectivity index (χ0v) is 19.7. The van der Waals surface area contributed by atoms with Gasteiger partial charge in [-0.1, -0.05) is 66.5 Å². The molecule has 0 saturated heterocycles. The van der Waals surface area contributed by atoms with Gasteiger partial charge in [0, 0.05) is 31.0 Å². The van der Waals surface area contributed by atoms with Crippen LogP contribution in [0.1, 0.15) is 37.8 Å². The van der Waals surface area contributed by atoms with Gasteiger partial charge in [-0.3, -0.25) is 9.59 Å². The second-order valence-electron chi connectivity index (χ2n) is 6.88. The van der Waals surface area contributed by atoms with Gasteiger partial charge in [-0.15, -0.1) is 0 Å². The Kier molecular flexibility index (Phi) is 10.6. The lowest BCUT2D eigenvalue weighted by atomic mass is 10.1. The summed E-state index contributed by atoms with van der Waals surface area (Å²) in [6, 6.07) is 14.9. The maximum atomic E-state index is 13.1. The summed E-state index contributed by atoms with van der Waals surface area (Å²) in [6.45, 7) is 4.63. The van der Waals surface area contributed by atoms with E-state index in [9.17, 15) is 9.59 Å². The van der Waals surface area contributed by atoms with Gasteiger partial charge in [0.25, 0.3) is 0 Å². The van der Waals surface area contributed by atoms with E-state index in [-0.39, 0.29) is 11.8 Å². The maximum Gasteiger partial charge on any atom is 0.242 e. The van der Waals surface area contributed by atoms with E-state index in [1.165, 1.54) is 5.56 Å². The monoisotopic (exact) mass is 466 g/mol. The molecule has 1 N–H and O–H groups in total. The Morgan fingerprint density at radius 3 is 2.40 bits per heavy atom. The molecule has 0 fully saturated rings. The average Bonchev–Trinajstić information content (AvgIpc) is 2.74. The van der Waals surface area contributed by atoms with Crippen LogP contribution in [0.25, 0.3) is 0 Å². The van der Waals surface area contributed by atoms with Gasteiger partial charge in [0.15, 0.2) is 0 Å². The molecule has 7 heteroatoms. The summed E-state index contributed by atoms with van der Waals surface area (Å²) in [4.78, 5) is 27.3. The number of nitrogens with one attached hydrogen (secondary N) is 1. The number of nitrogens with zero attached hydrogens (tertiary/aromatic N) is 1. The van der Waals surface area contributed by atoms with Gasteiger partial charge in [-0.25, -0.2) is 0 Å². The summed E-state index contributed by atoms with van der Waals surface area (Å²) in [7, 11) is 0. The van der Waals surface area contributed by atoms with Crippen LogP contribution < -0.4 is 5.32 Å². The maximum absolute atomic E-state index is 13.1. The van der Waals surface area contributed by atoms with Crippen molar-refractivity contribution >= 4 is 46.8 Å². The van der Waals surface area contributed by atoms with Crippen LogP contribution in [0, 0.1) is 0 Å². The summed E-state index contributed by atoms with van der Waals surface area (Å²) in [6.07, 6.45) is 0.908. The third kappa shape index (κ3) is 7.53. The fraction of sp³-hybridized carbons (Fsp3) is 0.391. The first-order chi connectivity index (χ1) is 14.5. The largest absolute Gasteiger partial charge is 0.355 e. The summed E-state index contributed by atoms with van der Waals surface area (Å²) in [5.41, 5.74) is 2.08. The predicted molar refractivity (Wildman–Crippen MR) is 127 cm³/mol. The molecule has 0 unspecified atom stereocenters. The standard InChI is InChI=1S/C23H28Cl2N2O2S/c1-3-21(23(29)26-4-2)27(15-18-10-11-19(24)20(25)14-18)22(28)12-13-30-16-17-8-6-5-7-9-17/h5-11,14,21H,3-4,12-13,15-16H2,1-2H3,(H,26,29)/t21-/m0/s1. The molecule has 4 nitrogen and oxygen atoms in total. The first kappa shape index (κ1) is 24.6. The number of amides is 2. The number of hydrogen-bond donors (Lipinski definition) is 1. The van der Waals surface area contributed by atoms with Crippen molar-refractivity contribution in [3.05, 3.63) is 69.7 Å². The zero-order chi connectivity index (χ0) is 21.9. The molecular weight excluding hydrogens is 439 g/mol. The number of likely N-dealkylation sites (N-methyl/N-ethyl adjacent to an activating group) is 1. The molecule has 0 aromatic heterocycles. The molecule has 0 aliphatic rings. The van der Waals surface area contributed by atoms with Crippen LogP contribution in [0.5, 0.6) is 0 Å². The first-order valence-corrected chi connectivity index (χ1v) is 12.0. The molecule has 1 atom stereocenters. The van der Waals surface area contributed by atoms with E-state index in [0.29, 0.717) is 41.7 Å². The van der Waals surface area contributed by atoms with Crippen molar-refractivity contribution in [2.45, 2.75) is 45.0 Å². The van der Waals surface area contributed by atoms with E-state index < -0.39 is 6.04 Å². The molecule has 2 aromatic rings. The Morgan fingerprint density at radius 1 is 1.03 bits per heavy atom. The second-order valence-corrected chi connectivity index (χ2v) is 8.80. The number of thioether (sulfide) groups is 1. The van der Waals surface area contributed by atoms with E-state index in [1.54, 1.807) is 28.8 Å². The Morgan fingerprint density at radius 2 is 1.77 bits per heavy atom. The Hall–Kier alpha value is -1.69. The minimum atomic E-state index is -0.522. The second kappa shape index (κ2) is 12.9. The fourth-order valence-electron chi connectivity index (χ4n) is 3.11. The average molecular weight is 467 g/mol. The smallest absolute Gasteiger partial charge is 0.242 e. The number of rotatable bonds is 11. The predicted octanol–water partition coefficient (Wildman–Crippen LogP) is 5.56. The van der Waals surface area contributed by atoms with Crippen molar-refractivity contribution in [2.75, 3.05) is 12.3 Å². The lowest BCUT2D eigenvalue weighted by molar-refractivity contribution is -0.141. The Labute approximate surface area is 193 Å². The number of hydrogen-bond acceptors (Lipinski definition) is 3. The summed E-state index contributed by atoms with van der Waals surface area (Å²) in [5.74, 6) is 1.37. The van der Waals surface area contributed by atoms with Crippen LogP contribution in [0.3, 0.4) is 0 Å². The summed E-state index contributed by atoms with van der Waals surface area (Å²) in [5, 5.41) is 3.74. The lowest BCUT2D eigenvalue weighted by Gasteiger charge is -2.30. The van der Waals surface area contributed by atoms with Crippen molar-refractivity contribution in [1.82, 2.24) is 10.2 Å². The van der Waals surface area contributed by atoms with Crippen LogP contribution in [-0.4, -0.2) is 35.1 Å². The van der Waals surface area contributed by atoms with Gasteiger partial charge in [0.2, 0.25) is 11.8 Å². The van der Waals surface area contributed by atoms with E-state index in [0.717, 1.165) is 11.3 Å². The third-order valence-electron chi connectivity index (χ3n) is 4.65. The molecule has 0 bridgehead atoms. The number of benzene rings is 2. The topological polar surface area (TPSA) is 49.4 Å². The van der Waals surface area contributed by atoms with Gasteiger partial charge in [-0.05, 0) is 36.6 Å². The highest BCUT2D eigenvalue weighted by Crippen LogP contribution is 2.24. The highest BCUT2D eigenvalue weighted by Gasteiger charge is 2.28. The molecule has 162 valence electrons. The molecular formula is C23H28Cl2N2O2S. The number of carbonyl (C=O) groups excluding carboxylic acids is 2. The van der Waals surface area contributed by atoms with Gasteiger partial charge in [0.05, 0.1) is 10.0 Å². The van der Waals surface area contributed by atoms with Crippen molar-refractivity contribution in [3.8, 4) is 0 Å². The molecule has 0 aliphatic heterocycles. The van der Waals surface area contributed by atoms with Crippen molar-refractivity contribution in [2.24, 2.45) is 0 Å². The molecule has 0 heterocycles. The molecule has 0 radical (unpaired) electrons. The molecule has 2 amide bonds. The van der Waals surface area contributed by atoms with Crippen molar-refractivity contribution in [3.63, 3.8) is 0 Å².